The van der Waals surface area contributed by atoms with Crippen molar-refractivity contribution in [2.24, 2.45) is 5.92 Å². The van der Waals surface area contributed by atoms with Gasteiger partial charge in [-0.3, -0.25) is 9.59 Å². The van der Waals surface area contributed by atoms with E-state index in [0.29, 0.717) is 29.2 Å². The van der Waals surface area contributed by atoms with Crippen molar-refractivity contribution in [2.45, 2.75) is 38.8 Å². The van der Waals surface area contributed by atoms with E-state index in [-0.39, 0.29) is 49.8 Å². The molecular weight excluding hydrogens is 568 g/mol. The van der Waals surface area contributed by atoms with Crippen LogP contribution in [0.1, 0.15) is 25.0 Å². The number of carbonyl (C=O) groups is 3. The molecule has 1 aliphatic rings. The highest BCUT2D eigenvalue weighted by Crippen LogP contribution is 2.30. The molecule has 9 heteroatoms. The average molecular weight is 609 g/mol. The number of anilines is 2. The molecular formula is C36H40N4O5. The fraction of sp³-hybridized carbons (Fsp3) is 0.306. The van der Waals surface area contributed by atoms with Crippen LogP contribution in [0.4, 0.5) is 16.2 Å². The van der Waals surface area contributed by atoms with Crippen LogP contribution in [0.3, 0.4) is 0 Å². The van der Waals surface area contributed by atoms with Gasteiger partial charge >= 0.3 is 6.03 Å². The molecule has 3 N–H and O–H groups in total. The summed E-state index contributed by atoms with van der Waals surface area (Å²) in [6.07, 6.45) is -0.203. The summed E-state index contributed by atoms with van der Waals surface area (Å²) in [5, 5.41) is 17.9. The molecule has 0 saturated heterocycles. The molecule has 3 atom stereocenters. The Morgan fingerprint density at radius 1 is 1.00 bits per heavy atom. The topological polar surface area (TPSA) is 111 Å². The van der Waals surface area contributed by atoms with Crippen molar-refractivity contribution in [3.8, 4) is 5.75 Å². The van der Waals surface area contributed by atoms with Gasteiger partial charge in [-0.05, 0) is 42.1 Å². The highest BCUT2D eigenvalue weighted by Gasteiger charge is 2.32. The zero-order chi connectivity index (χ0) is 31.9. The number of rotatable bonds is 8. The van der Waals surface area contributed by atoms with Gasteiger partial charge < -0.3 is 30.3 Å². The van der Waals surface area contributed by atoms with Crippen LogP contribution in [0.5, 0.6) is 5.75 Å². The smallest absolute Gasteiger partial charge is 0.321 e. The van der Waals surface area contributed by atoms with Gasteiger partial charge in [-0.2, -0.15) is 0 Å². The Balaban J connectivity index is 1.36. The van der Waals surface area contributed by atoms with Crippen molar-refractivity contribution in [1.29, 1.82) is 0 Å². The molecule has 0 fully saturated rings. The molecule has 9 nitrogen and oxygen atoms in total. The second kappa shape index (κ2) is 14.3. The molecule has 5 rings (SSSR count). The van der Waals surface area contributed by atoms with Gasteiger partial charge in [-0.25, -0.2) is 4.79 Å². The lowest BCUT2D eigenvalue weighted by Gasteiger charge is -2.34. The van der Waals surface area contributed by atoms with Crippen LogP contribution in [-0.4, -0.2) is 71.6 Å². The van der Waals surface area contributed by atoms with Crippen LogP contribution in [0.2, 0.25) is 0 Å². The minimum atomic E-state index is -0.468. The number of aliphatic hydroxyl groups excluding tert-OH is 1. The number of nitrogens with zero attached hydrogens (tertiary/aromatic N) is 2. The van der Waals surface area contributed by atoms with Crippen LogP contribution in [-0.2, 0) is 22.4 Å². The maximum atomic E-state index is 13.5. The largest absolute Gasteiger partial charge is 0.488 e. The van der Waals surface area contributed by atoms with Gasteiger partial charge in [-0.15, -0.1) is 0 Å². The van der Waals surface area contributed by atoms with E-state index < -0.39 is 12.1 Å². The predicted octanol–water partition coefficient (Wildman–Crippen LogP) is 5.33. The van der Waals surface area contributed by atoms with Crippen molar-refractivity contribution in [3.63, 3.8) is 0 Å². The van der Waals surface area contributed by atoms with E-state index in [1.165, 1.54) is 0 Å². The third kappa shape index (κ3) is 7.80. The predicted molar refractivity (Wildman–Crippen MR) is 176 cm³/mol. The number of hydrogen-bond acceptors (Lipinski definition) is 5. The van der Waals surface area contributed by atoms with Crippen molar-refractivity contribution >= 4 is 40.0 Å². The van der Waals surface area contributed by atoms with E-state index in [1.54, 1.807) is 35.0 Å². The van der Waals surface area contributed by atoms with Gasteiger partial charge in [0.25, 0.3) is 0 Å². The highest BCUT2D eigenvalue weighted by atomic mass is 16.5. The summed E-state index contributed by atoms with van der Waals surface area (Å²) in [5.74, 6) is 0.0237. The number of nitrogens with one attached hydrogen (secondary N) is 2. The first-order valence-electron chi connectivity index (χ1n) is 15.3. The molecule has 4 aromatic carbocycles. The third-order valence-electron chi connectivity index (χ3n) is 8.24. The number of benzene rings is 4. The molecule has 0 bridgehead atoms. The maximum Gasteiger partial charge on any atom is 0.321 e. The van der Waals surface area contributed by atoms with Gasteiger partial charge in [0, 0.05) is 36.1 Å². The normalized spacial score (nSPS) is 17.2. The summed E-state index contributed by atoms with van der Waals surface area (Å²) in [5.41, 5.74) is 2.79. The molecule has 4 aromatic rings. The van der Waals surface area contributed by atoms with Gasteiger partial charge in [0.1, 0.15) is 11.9 Å². The molecule has 0 radical (unpaired) electrons. The first kappa shape index (κ1) is 31.5. The number of hydrogen-bond donors (Lipinski definition) is 3. The van der Waals surface area contributed by atoms with E-state index in [9.17, 15) is 19.5 Å². The van der Waals surface area contributed by atoms with Crippen molar-refractivity contribution in [3.05, 3.63) is 102 Å². The monoisotopic (exact) mass is 608 g/mol. The SMILES string of the molecule is C[C@@H]1CN([C@@H](C)CO)C(=O)Cc2cc(NC(=O)Cc3ccccc3)ccc2O[C@@H]1CN(C)C(=O)Nc1cccc2ccccc12. The van der Waals surface area contributed by atoms with Crippen molar-refractivity contribution < 1.29 is 24.2 Å². The molecule has 234 valence electrons. The molecule has 0 saturated carbocycles. The van der Waals surface area contributed by atoms with E-state index in [0.717, 1.165) is 16.3 Å². The molecule has 0 aromatic heterocycles. The number of carbonyl (C=O) groups excluding carboxylic acids is 3. The lowest BCUT2D eigenvalue weighted by Crippen LogP contribution is -2.48. The fourth-order valence-electron chi connectivity index (χ4n) is 5.61. The first-order valence-corrected chi connectivity index (χ1v) is 15.3. The molecule has 1 aliphatic heterocycles. The quantitative estimate of drug-likeness (QED) is 0.250. The zero-order valence-corrected chi connectivity index (χ0v) is 25.9. The van der Waals surface area contributed by atoms with E-state index in [2.05, 4.69) is 10.6 Å². The first-order chi connectivity index (χ1) is 21.7. The maximum absolute atomic E-state index is 13.5. The summed E-state index contributed by atoms with van der Waals surface area (Å²) in [4.78, 5) is 42.9. The summed E-state index contributed by atoms with van der Waals surface area (Å²) in [7, 11) is 1.72. The summed E-state index contributed by atoms with van der Waals surface area (Å²) in [6.45, 7) is 4.21. The highest BCUT2D eigenvalue weighted by molar-refractivity contribution is 6.01. The lowest BCUT2D eigenvalue weighted by atomic mass is 10.0. The van der Waals surface area contributed by atoms with E-state index in [4.69, 9.17) is 4.74 Å². The summed E-state index contributed by atoms with van der Waals surface area (Å²) in [6, 6.07) is 27.7. The lowest BCUT2D eigenvalue weighted by molar-refractivity contribution is -0.134. The Morgan fingerprint density at radius 2 is 1.73 bits per heavy atom. The van der Waals surface area contributed by atoms with Gasteiger partial charge in [0.05, 0.1) is 37.7 Å². The van der Waals surface area contributed by atoms with Crippen LogP contribution < -0.4 is 15.4 Å². The fourth-order valence-corrected chi connectivity index (χ4v) is 5.61. The number of aliphatic hydroxyl groups is 1. The van der Waals surface area contributed by atoms with Gasteiger partial charge in [-0.1, -0.05) is 73.7 Å². The number of fused-ring (bicyclic) bond motifs is 2. The van der Waals surface area contributed by atoms with Crippen LogP contribution >= 0.6 is 0 Å². The third-order valence-corrected chi connectivity index (χ3v) is 8.24. The zero-order valence-electron chi connectivity index (χ0n) is 25.9. The van der Waals surface area contributed by atoms with Crippen molar-refractivity contribution in [1.82, 2.24) is 9.80 Å². The Kier molecular flexibility index (Phi) is 9.99. The van der Waals surface area contributed by atoms with Crippen molar-refractivity contribution in [2.75, 3.05) is 37.4 Å². The van der Waals surface area contributed by atoms with E-state index in [1.807, 2.05) is 86.6 Å². The number of ether oxygens (including phenoxy) is 1. The second-order valence-corrected chi connectivity index (χ2v) is 11.8. The Bertz CT molecular complexity index is 1650. The minimum Gasteiger partial charge on any atom is -0.488 e. The Hall–Kier alpha value is -4.89. The standard InChI is InChI=1S/C36H40N4O5/c1-24-21-40(25(2)23-41)35(43)20-28-19-29(37-34(42)18-26-10-5-4-6-11-26)16-17-32(28)45-33(24)22-39(3)36(44)38-31-15-9-13-27-12-7-8-14-30(27)31/h4-17,19,24-25,33,41H,18,20-23H2,1-3H3,(H,37,42)(H,38,44)/t24-,25+,33-/m1/s1. The summed E-state index contributed by atoms with van der Waals surface area (Å²) < 4.78 is 6.56. The number of urea groups is 1. The van der Waals surface area contributed by atoms with E-state index >= 15 is 0 Å². The number of likely N-dealkylation sites (N-methyl/N-ethyl adjacent to an activating group) is 1. The molecule has 4 amide bonds. The Labute approximate surface area is 263 Å². The van der Waals surface area contributed by atoms with Gasteiger partial charge in [0.2, 0.25) is 11.8 Å². The summed E-state index contributed by atoms with van der Waals surface area (Å²) >= 11 is 0. The average Bonchev–Trinajstić information content (AvgIpc) is 3.08. The minimum absolute atomic E-state index is 0.0406. The molecule has 1 heterocycles. The van der Waals surface area contributed by atoms with Crippen LogP contribution in [0.25, 0.3) is 10.8 Å². The second-order valence-electron chi connectivity index (χ2n) is 11.8. The number of amides is 4. The van der Waals surface area contributed by atoms with Crippen LogP contribution in [0.15, 0.2) is 91.0 Å². The van der Waals surface area contributed by atoms with Gasteiger partial charge in [0.15, 0.2) is 0 Å². The van der Waals surface area contributed by atoms with Crippen LogP contribution in [0, 0.1) is 5.92 Å². The molecule has 0 aliphatic carbocycles. The Morgan fingerprint density at radius 3 is 2.51 bits per heavy atom. The molecule has 0 unspecified atom stereocenters. The molecule has 45 heavy (non-hydrogen) atoms. The molecule has 0 spiro atoms.